The molecule has 0 aromatic heterocycles. The van der Waals surface area contributed by atoms with E-state index >= 15 is 0 Å². The van der Waals surface area contributed by atoms with Crippen LogP contribution in [0.15, 0.2) is 40.9 Å². The van der Waals surface area contributed by atoms with E-state index in [1.54, 1.807) is 30.3 Å². The molecule has 2 aromatic rings. The second-order valence-corrected chi connectivity index (χ2v) is 5.90. The molecule has 2 rings (SSSR count). The van der Waals surface area contributed by atoms with Gasteiger partial charge in [-0.05, 0) is 57.4 Å². The summed E-state index contributed by atoms with van der Waals surface area (Å²) < 4.78 is 13.5. The Hall–Kier alpha value is -0.610. The van der Waals surface area contributed by atoms with E-state index in [9.17, 15) is 9.50 Å². The zero-order valence-corrected chi connectivity index (χ0v) is 12.8. The van der Waals surface area contributed by atoms with E-state index in [0.717, 1.165) is 5.56 Å². The lowest BCUT2D eigenvalue weighted by atomic mass is 10.0. The summed E-state index contributed by atoms with van der Waals surface area (Å²) in [5.74, 6) is -0.330. The Morgan fingerprint density at radius 2 is 1.74 bits per heavy atom. The van der Waals surface area contributed by atoms with Crippen molar-refractivity contribution in [2.24, 2.45) is 0 Å². The first-order valence-electron chi connectivity index (χ1n) is 5.53. The van der Waals surface area contributed by atoms with Crippen LogP contribution in [0.5, 0.6) is 0 Å². The van der Waals surface area contributed by atoms with Crippen molar-refractivity contribution in [1.82, 2.24) is 0 Å². The molecule has 1 unspecified atom stereocenters. The molecule has 2 aromatic carbocycles. The highest BCUT2D eigenvalue weighted by atomic mass is 79.9. The number of aliphatic hydroxyl groups excluding tert-OH is 1. The molecule has 0 fully saturated rings. The third kappa shape index (κ3) is 3.93. The van der Waals surface area contributed by atoms with E-state index in [4.69, 9.17) is 23.2 Å². The quantitative estimate of drug-likeness (QED) is 0.797. The molecule has 1 nitrogen and oxygen atoms in total. The molecular formula is C14H10BrCl2FO. The molecule has 0 bridgehead atoms. The number of rotatable bonds is 3. The Labute approximate surface area is 129 Å². The van der Waals surface area contributed by atoms with Crippen molar-refractivity contribution < 1.29 is 9.50 Å². The van der Waals surface area contributed by atoms with Crippen LogP contribution in [-0.4, -0.2) is 5.11 Å². The lowest BCUT2D eigenvalue weighted by Gasteiger charge is -2.12. The van der Waals surface area contributed by atoms with Gasteiger partial charge in [-0.1, -0.05) is 29.3 Å². The minimum absolute atomic E-state index is 0.330. The highest BCUT2D eigenvalue weighted by Gasteiger charge is 2.11. The van der Waals surface area contributed by atoms with E-state index in [1.807, 2.05) is 0 Å². The lowest BCUT2D eigenvalue weighted by molar-refractivity contribution is 0.178. The van der Waals surface area contributed by atoms with Gasteiger partial charge in [0.2, 0.25) is 0 Å². The number of halogens is 4. The van der Waals surface area contributed by atoms with Crippen molar-refractivity contribution in [1.29, 1.82) is 0 Å². The predicted molar refractivity (Wildman–Crippen MR) is 79.2 cm³/mol. The fourth-order valence-corrected chi connectivity index (χ4v) is 2.74. The van der Waals surface area contributed by atoms with Crippen LogP contribution in [0.1, 0.15) is 17.2 Å². The van der Waals surface area contributed by atoms with Crippen LogP contribution in [0.3, 0.4) is 0 Å². The third-order valence-electron chi connectivity index (χ3n) is 2.68. The van der Waals surface area contributed by atoms with Crippen LogP contribution in [0.2, 0.25) is 10.0 Å². The normalized spacial score (nSPS) is 12.5. The molecule has 5 heteroatoms. The monoisotopic (exact) mass is 362 g/mol. The number of benzene rings is 2. The van der Waals surface area contributed by atoms with Gasteiger partial charge in [0.1, 0.15) is 5.82 Å². The van der Waals surface area contributed by atoms with Crippen molar-refractivity contribution in [2.45, 2.75) is 12.5 Å². The molecule has 0 aliphatic rings. The Balaban J connectivity index is 2.20. The summed E-state index contributed by atoms with van der Waals surface area (Å²) in [5, 5.41) is 11.1. The first kappa shape index (κ1) is 14.8. The van der Waals surface area contributed by atoms with E-state index in [1.165, 1.54) is 6.07 Å². The van der Waals surface area contributed by atoms with E-state index in [-0.39, 0.29) is 5.82 Å². The van der Waals surface area contributed by atoms with Gasteiger partial charge >= 0.3 is 0 Å². The predicted octanol–water partition coefficient (Wildman–Crippen LogP) is 5.17. The van der Waals surface area contributed by atoms with Gasteiger partial charge < -0.3 is 5.11 Å². The van der Waals surface area contributed by atoms with E-state index < -0.39 is 6.10 Å². The Morgan fingerprint density at radius 3 is 2.32 bits per heavy atom. The summed E-state index contributed by atoms with van der Waals surface area (Å²) in [6.45, 7) is 0. The summed E-state index contributed by atoms with van der Waals surface area (Å²) >= 11 is 14.9. The maximum atomic E-state index is 13.1. The lowest BCUT2D eigenvalue weighted by Crippen LogP contribution is -2.02. The largest absolute Gasteiger partial charge is 0.388 e. The van der Waals surface area contributed by atoms with Crippen LogP contribution in [0, 0.1) is 5.82 Å². The minimum atomic E-state index is -0.742. The topological polar surface area (TPSA) is 20.2 Å². The Bertz CT molecular complexity index is 584. The third-order valence-corrected chi connectivity index (χ3v) is 3.73. The van der Waals surface area contributed by atoms with Crippen LogP contribution in [0.4, 0.5) is 4.39 Å². The highest BCUT2D eigenvalue weighted by molar-refractivity contribution is 9.10. The zero-order chi connectivity index (χ0) is 14.0. The Morgan fingerprint density at radius 1 is 1.11 bits per heavy atom. The molecule has 0 spiro atoms. The molecule has 19 heavy (non-hydrogen) atoms. The molecule has 0 saturated carbocycles. The average Bonchev–Trinajstić information content (AvgIpc) is 2.32. The van der Waals surface area contributed by atoms with Gasteiger partial charge in [0.15, 0.2) is 0 Å². The first-order chi connectivity index (χ1) is 8.95. The van der Waals surface area contributed by atoms with Gasteiger partial charge in [0, 0.05) is 16.5 Å². The molecular weight excluding hydrogens is 354 g/mol. The molecule has 0 amide bonds. The van der Waals surface area contributed by atoms with Gasteiger partial charge in [-0.3, -0.25) is 0 Å². The molecule has 1 atom stereocenters. The molecule has 0 radical (unpaired) electrons. The van der Waals surface area contributed by atoms with E-state index in [0.29, 0.717) is 26.5 Å². The van der Waals surface area contributed by atoms with Crippen LogP contribution >= 0.6 is 39.1 Å². The number of hydrogen-bond acceptors (Lipinski definition) is 1. The fourth-order valence-electron chi connectivity index (χ4n) is 1.78. The van der Waals surface area contributed by atoms with Crippen molar-refractivity contribution in [3.05, 3.63) is 67.9 Å². The molecule has 0 saturated heterocycles. The van der Waals surface area contributed by atoms with Gasteiger partial charge in [-0.15, -0.1) is 0 Å². The van der Waals surface area contributed by atoms with Gasteiger partial charge in [-0.25, -0.2) is 4.39 Å². The summed E-state index contributed by atoms with van der Waals surface area (Å²) in [5.41, 5.74) is 1.45. The van der Waals surface area contributed by atoms with Crippen molar-refractivity contribution in [2.75, 3.05) is 0 Å². The summed E-state index contributed by atoms with van der Waals surface area (Å²) in [6, 6.07) is 9.57. The SMILES string of the molecule is OC(Cc1ccc(F)c(Br)c1)c1cc(Cl)cc(Cl)c1. The second-order valence-electron chi connectivity index (χ2n) is 4.17. The number of aliphatic hydroxyl groups is 1. The Kier molecular flexibility index (Phi) is 4.85. The molecule has 100 valence electrons. The zero-order valence-electron chi connectivity index (χ0n) is 9.71. The fraction of sp³-hybridized carbons (Fsp3) is 0.143. The second kappa shape index (κ2) is 6.23. The van der Waals surface area contributed by atoms with Crippen molar-refractivity contribution in [3.63, 3.8) is 0 Å². The minimum Gasteiger partial charge on any atom is -0.388 e. The van der Waals surface area contributed by atoms with Gasteiger partial charge in [-0.2, -0.15) is 0 Å². The van der Waals surface area contributed by atoms with Crippen molar-refractivity contribution in [3.8, 4) is 0 Å². The first-order valence-corrected chi connectivity index (χ1v) is 7.08. The highest BCUT2D eigenvalue weighted by Crippen LogP contribution is 2.26. The molecule has 0 aliphatic carbocycles. The van der Waals surface area contributed by atoms with Crippen LogP contribution in [-0.2, 0) is 6.42 Å². The summed E-state index contributed by atoms with van der Waals surface area (Å²) in [6.07, 6.45) is -0.385. The number of hydrogen-bond donors (Lipinski definition) is 1. The van der Waals surface area contributed by atoms with E-state index in [2.05, 4.69) is 15.9 Å². The summed E-state index contributed by atoms with van der Waals surface area (Å²) in [4.78, 5) is 0. The maximum absolute atomic E-state index is 13.1. The standard InChI is InChI=1S/C14H10BrCl2FO/c15-12-3-8(1-2-13(12)18)4-14(19)9-5-10(16)7-11(17)6-9/h1-3,5-7,14,19H,4H2. The van der Waals surface area contributed by atoms with Gasteiger partial charge in [0.25, 0.3) is 0 Å². The van der Waals surface area contributed by atoms with Crippen LogP contribution < -0.4 is 0 Å². The van der Waals surface area contributed by atoms with Gasteiger partial charge in [0.05, 0.1) is 10.6 Å². The maximum Gasteiger partial charge on any atom is 0.137 e. The summed E-state index contributed by atoms with van der Waals surface area (Å²) in [7, 11) is 0. The molecule has 0 heterocycles. The van der Waals surface area contributed by atoms with Crippen molar-refractivity contribution >= 4 is 39.1 Å². The molecule has 1 N–H and O–H groups in total. The van der Waals surface area contributed by atoms with Crippen LogP contribution in [0.25, 0.3) is 0 Å². The smallest absolute Gasteiger partial charge is 0.137 e. The molecule has 0 aliphatic heterocycles. The average molecular weight is 364 g/mol.